The van der Waals surface area contributed by atoms with Gasteiger partial charge in [0, 0.05) is 24.2 Å². The summed E-state index contributed by atoms with van der Waals surface area (Å²) in [5, 5.41) is 0. The molecule has 0 spiro atoms. The molecule has 0 bridgehead atoms. The Balaban J connectivity index is 2.75. The van der Waals surface area contributed by atoms with E-state index in [1.165, 1.54) is 0 Å². The molecule has 1 aromatic heterocycles. The zero-order valence-electron chi connectivity index (χ0n) is 7.91. The van der Waals surface area contributed by atoms with E-state index in [0.717, 1.165) is 0 Å². The average Bonchev–Trinajstić information content (AvgIpc) is 2.18. The lowest BCUT2D eigenvalue weighted by Crippen LogP contribution is -1.99. The molecule has 70 valence electrons. The lowest BCUT2D eigenvalue weighted by Gasteiger charge is -2.01. The van der Waals surface area contributed by atoms with Crippen LogP contribution in [0.15, 0.2) is 18.3 Å². The molecule has 0 aromatic carbocycles. The van der Waals surface area contributed by atoms with E-state index in [1.807, 2.05) is 13.8 Å². The molecule has 0 aliphatic carbocycles. The average molecular weight is 179 g/mol. The highest BCUT2D eigenvalue weighted by Crippen LogP contribution is 2.08. The minimum atomic E-state index is 0.107. The van der Waals surface area contributed by atoms with Crippen molar-refractivity contribution in [2.45, 2.75) is 20.3 Å². The second-order valence-electron chi connectivity index (χ2n) is 2.59. The number of carbonyl (C=O) groups excluding carboxylic acids is 1. The van der Waals surface area contributed by atoms with Crippen molar-refractivity contribution >= 4 is 5.78 Å². The van der Waals surface area contributed by atoms with Gasteiger partial charge in [0.2, 0.25) is 5.88 Å². The van der Waals surface area contributed by atoms with Gasteiger partial charge in [0.15, 0.2) is 5.78 Å². The Labute approximate surface area is 77.8 Å². The van der Waals surface area contributed by atoms with Gasteiger partial charge in [-0.1, -0.05) is 6.92 Å². The summed E-state index contributed by atoms with van der Waals surface area (Å²) in [6, 6.07) is 3.45. The van der Waals surface area contributed by atoms with Crippen LogP contribution in [0.25, 0.3) is 0 Å². The van der Waals surface area contributed by atoms with E-state index >= 15 is 0 Å². The number of nitrogens with zero attached hydrogens (tertiary/aromatic N) is 1. The summed E-state index contributed by atoms with van der Waals surface area (Å²) in [6.07, 6.45) is 2.06. The van der Waals surface area contributed by atoms with Crippen LogP contribution in [0.5, 0.6) is 5.88 Å². The monoisotopic (exact) mass is 179 g/mol. The number of aromatic nitrogens is 1. The number of hydrogen-bond donors (Lipinski definition) is 0. The fourth-order valence-corrected chi connectivity index (χ4v) is 0.983. The molecule has 13 heavy (non-hydrogen) atoms. The predicted octanol–water partition coefficient (Wildman–Crippen LogP) is 2.07. The van der Waals surface area contributed by atoms with Gasteiger partial charge in [0.05, 0.1) is 6.61 Å². The third-order valence-electron chi connectivity index (χ3n) is 1.67. The molecule has 0 radical (unpaired) electrons. The number of hydrogen-bond acceptors (Lipinski definition) is 3. The van der Waals surface area contributed by atoms with Crippen LogP contribution < -0.4 is 4.74 Å². The highest BCUT2D eigenvalue weighted by atomic mass is 16.5. The predicted molar refractivity (Wildman–Crippen MR) is 50.0 cm³/mol. The number of Topliss-reactive ketones (excluding diaryl/α,β-unsaturated/α-hetero) is 1. The SMILES string of the molecule is CCOc1ccc(C(=O)CC)cn1. The van der Waals surface area contributed by atoms with Crippen LogP contribution in [0.4, 0.5) is 0 Å². The molecule has 1 heterocycles. The molecule has 1 rings (SSSR count). The molecule has 1 aromatic rings. The van der Waals surface area contributed by atoms with Crippen LogP contribution in [0.3, 0.4) is 0 Å². The van der Waals surface area contributed by atoms with E-state index in [9.17, 15) is 4.79 Å². The van der Waals surface area contributed by atoms with Crippen molar-refractivity contribution in [3.05, 3.63) is 23.9 Å². The summed E-state index contributed by atoms with van der Waals surface area (Å²) in [4.78, 5) is 15.2. The molecule has 0 unspecified atom stereocenters. The number of carbonyl (C=O) groups is 1. The Morgan fingerprint density at radius 1 is 1.46 bits per heavy atom. The first-order valence-corrected chi connectivity index (χ1v) is 4.40. The van der Waals surface area contributed by atoms with Crippen molar-refractivity contribution < 1.29 is 9.53 Å². The second kappa shape index (κ2) is 4.60. The topological polar surface area (TPSA) is 39.2 Å². The van der Waals surface area contributed by atoms with Crippen molar-refractivity contribution in [3.8, 4) is 5.88 Å². The van der Waals surface area contributed by atoms with Crippen molar-refractivity contribution in [2.75, 3.05) is 6.61 Å². The highest BCUT2D eigenvalue weighted by molar-refractivity contribution is 5.95. The van der Waals surface area contributed by atoms with E-state index < -0.39 is 0 Å². The second-order valence-corrected chi connectivity index (χ2v) is 2.59. The maximum atomic E-state index is 11.2. The molecular weight excluding hydrogens is 166 g/mol. The summed E-state index contributed by atoms with van der Waals surface area (Å²) in [5.74, 6) is 0.672. The number of pyridine rings is 1. The molecule has 0 saturated carbocycles. The third kappa shape index (κ3) is 2.54. The Bertz CT molecular complexity index is 279. The van der Waals surface area contributed by atoms with Crippen LogP contribution in [-0.4, -0.2) is 17.4 Å². The van der Waals surface area contributed by atoms with Crippen LogP contribution in [0.1, 0.15) is 30.6 Å². The molecule has 3 nitrogen and oxygen atoms in total. The van der Waals surface area contributed by atoms with Crippen LogP contribution in [0, 0.1) is 0 Å². The van der Waals surface area contributed by atoms with Gasteiger partial charge in [-0.05, 0) is 13.0 Å². The Morgan fingerprint density at radius 3 is 2.69 bits per heavy atom. The molecule has 0 atom stereocenters. The molecule has 0 aliphatic rings. The van der Waals surface area contributed by atoms with Crippen molar-refractivity contribution in [1.29, 1.82) is 0 Å². The third-order valence-corrected chi connectivity index (χ3v) is 1.67. The van der Waals surface area contributed by atoms with Gasteiger partial charge in [-0.3, -0.25) is 4.79 Å². The summed E-state index contributed by atoms with van der Waals surface area (Å²) >= 11 is 0. The standard InChI is InChI=1S/C10H13NO2/c1-3-9(12)8-5-6-10(11-7-8)13-4-2/h5-7H,3-4H2,1-2H3. The number of ether oxygens (including phenoxy) is 1. The number of rotatable bonds is 4. The lowest BCUT2D eigenvalue weighted by atomic mass is 10.1. The van der Waals surface area contributed by atoms with Crippen molar-refractivity contribution in [3.63, 3.8) is 0 Å². The summed E-state index contributed by atoms with van der Waals surface area (Å²) in [7, 11) is 0. The van der Waals surface area contributed by atoms with Crippen LogP contribution >= 0.6 is 0 Å². The van der Waals surface area contributed by atoms with Gasteiger partial charge in [0.1, 0.15) is 0 Å². The first-order valence-electron chi connectivity index (χ1n) is 4.40. The van der Waals surface area contributed by atoms with E-state index in [0.29, 0.717) is 24.5 Å². The lowest BCUT2D eigenvalue weighted by molar-refractivity contribution is 0.0987. The molecule has 0 N–H and O–H groups in total. The zero-order valence-corrected chi connectivity index (χ0v) is 7.91. The maximum Gasteiger partial charge on any atom is 0.213 e. The first kappa shape index (κ1) is 9.71. The van der Waals surface area contributed by atoms with Crippen molar-refractivity contribution in [2.24, 2.45) is 0 Å². The highest BCUT2D eigenvalue weighted by Gasteiger charge is 2.02. The molecule has 0 aliphatic heterocycles. The van der Waals surface area contributed by atoms with E-state index in [4.69, 9.17) is 4.74 Å². The summed E-state index contributed by atoms with van der Waals surface area (Å²) < 4.78 is 5.15. The summed E-state index contributed by atoms with van der Waals surface area (Å²) in [5.41, 5.74) is 0.644. The van der Waals surface area contributed by atoms with Crippen molar-refractivity contribution in [1.82, 2.24) is 4.98 Å². The van der Waals surface area contributed by atoms with Gasteiger partial charge in [-0.25, -0.2) is 4.98 Å². The van der Waals surface area contributed by atoms with Gasteiger partial charge < -0.3 is 4.74 Å². The fourth-order valence-electron chi connectivity index (χ4n) is 0.983. The Morgan fingerprint density at radius 2 is 2.23 bits per heavy atom. The zero-order chi connectivity index (χ0) is 9.68. The van der Waals surface area contributed by atoms with Gasteiger partial charge >= 0.3 is 0 Å². The molecule has 3 heteroatoms. The van der Waals surface area contributed by atoms with E-state index in [1.54, 1.807) is 18.3 Å². The minimum absolute atomic E-state index is 0.107. The smallest absolute Gasteiger partial charge is 0.213 e. The summed E-state index contributed by atoms with van der Waals surface area (Å²) in [6.45, 7) is 4.32. The molecule has 0 amide bonds. The minimum Gasteiger partial charge on any atom is -0.478 e. The van der Waals surface area contributed by atoms with Gasteiger partial charge in [-0.15, -0.1) is 0 Å². The molecule has 0 fully saturated rings. The Kier molecular flexibility index (Phi) is 3.43. The van der Waals surface area contributed by atoms with Gasteiger partial charge in [-0.2, -0.15) is 0 Å². The number of ketones is 1. The largest absolute Gasteiger partial charge is 0.478 e. The van der Waals surface area contributed by atoms with E-state index in [2.05, 4.69) is 4.98 Å². The Hall–Kier alpha value is -1.38. The van der Waals surface area contributed by atoms with Gasteiger partial charge in [0.25, 0.3) is 0 Å². The fraction of sp³-hybridized carbons (Fsp3) is 0.400. The first-order chi connectivity index (χ1) is 6.27. The quantitative estimate of drug-likeness (QED) is 0.664. The molecular formula is C10H13NO2. The molecule has 0 saturated heterocycles. The van der Waals surface area contributed by atoms with Crippen LogP contribution in [0.2, 0.25) is 0 Å². The normalized spacial score (nSPS) is 9.69. The van der Waals surface area contributed by atoms with Crippen LogP contribution in [-0.2, 0) is 0 Å². The van der Waals surface area contributed by atoms with E-state index in [-0.39, 0.29) is 5.78 Å². The maximum absolute atomic E-state index is 11.2.